The molecule has 0 radical (unpaired) electrons. The van der Waals surface area contributed by atoms with Gasteiger partial charge in [-0.25, -0.2) is 31.4 Å². The summed E-state index contributed by atoms with van der Waals surface area (Å²) in [7, 11) is -4.11. The molecule has 12 heteroatoms. The van der Waals surface area contributed by atoms with Crippen LogP contribution in [-0.4, -0.2) is 35.5 Å². The van der Waals surface area contributed by atoms with Gasteiger partial charge in [0.25, 0.3) is 15.9 Å². The van der Waals surface area contributed by atoms with Crippen molar-refractivity contribution in [3.05, 3.63) is 76.2 Å². The summed E-state index contributed by atoms with van der Waals surface area (Å²) in [4.78, 5) is 19.0. The molecule has 0 bridgehead atoms. The number of thiazole rings is 1. The fourth-order valence-electron chi connectivity index (χ4n) is 4.48. The van der Waals surface area contributed by atoms with Gasteiger partial charge >= 0.3 is 0 Å². The largest absolute Gasteiger partial charge is 0.364 e. The van der Waals surface area contributed by atoms with Crippen molar-refractivity contribution in [1.82, 2.24) is 19.3 Å². The van der Waals surface area contributed by atoms with E-state index in [0.717, 1.165) is 29.9 Å². The molecule has 5 rings (SSSR count). The average Bonchev–Trinajstić information content (AvgIpc) is 3.52. The number of nitrogens with one attached hydrogen (secondary N) is 1. The van der Waals surface area contributed by atoms with Crippen LogP contribution >= 0.6 is 11.3 Å². The van der Waals surface area contributed by atoms with Crippen molar-refractivity contribution in [3.63, 3.8) is 0 Å². The molecule has 1 aromatic carbocycles. The van der Waals surface area contributed by atoms with Crippen LogP contribution in [0, 0.1) is 25.5 Å². The monoisotopic (exact) mass is 517 g/mol. The van der Waals surface area contributed by atoms with E-state index in [0.29, 0.717) is 34.9 Å². The van der Waals surface area contributed by atoms with Crippen molar-refractivity contribution in [2.24, 2.45) is 0 Å². The Morgan fingerprint density at radius 1 is 1.20 bits per heavy atom. The smallest absolute Gasteiger partial charge is 0.275 e. The van der Waals surface area contributed by atoms with Gasteiger partial charge in [-0.3, -0.25) is 4.79 Å². The van der Waals surface area contributed by atoms with E-state index in [9.17, 15) is 22.0 Å². The molecular weight excluding hydrogens is 496 g/mol. The first-order valence-electron chi connectivity index (χ1n) is 10.8. The van der Waals surface area contributed by atoms with E-state index >= 15 is 0 Å². The molecule has 3 aromatic heterocycles. The molecule has 1 N–H and O–H groups in total. The number of nitrogens with zero attached hydrogens (tertiary/aromatic N) is 4. The number of pyridine rings is 1. The van der Waals surface area contributed by atoms with Crippen LogP contribution in [-0.2, 0) is 10.0 Å². The third-order valence-electron chi connectivity index (χ3n) is 5.98. The van der Waals surface area contributed by atoms with Gasteiger partial charge in [-0.1, -0.05) is 0 Å². The molecule has 0 aliphatic carbocycles. The minimum absolute atomic E-state index is 0.0162. The molecule has 0 spiro atoms. The predicted molar refractivity (Wildman–Crippen MR) is 127 cm³/mol. The Hall–Kier alpha value is -3.38. The summed E-state index contributed by atoms with van der Waals surface area (Å²) in [5.74, 6) is -1.81. The summed E-state index contributed by atoms with van der Waals surface area (Å²) >= 11 is 0.985. The van der Waals surface area contributed by atoms with Gasteiger partial charge in [-0.15, -0.1) is 11.3 Å². The lowest BCUT2D eigenvalue weighted by molar-refractivity contribution is 0.0983. The van der Waals surface area contributed by atoms with Gasteiger partial charge in [0.1, 0.15) is 11.6 Å². The summed E-state index contributed by atoms with van der Waals surface area (Å²) in [5, 5.41) is 4.73. The zero-order valence-corrected chi connectivity index (χ0v) is 20.5. The highest BCUT2D eigenvalue weighted by atomic mass is 32.2. The first-order valence-corrected chi connectivity index (χ1v) is 13.1. The molecule has 1 saturated heterocycles. The average molecular weight is 518 g/mol. The maximum atomic E-state index is 14.5. The first-order chi connectivity index (χ1) is 16.6. The summed E-state index contributed by atoms with van der Waals surface area (Å²) in [5.41, 5.74) is 1.74. The molecule has 4 aromatic rings. The van der Waals surface area contributed by atoms with Crippen LogP contribution in [0.25, 0.3) is 5.52 Å². The first kappa shape index (κ1) is 23.4. The van der Waals surface area contributed by atoms with Crippen LogP contribution in [0.2, 0.25) is 0 Å². The van der Waals surface area contributed by atoms with Gasteiger partial charge in [0.2, 0.25) is 0 Å². The highest BCUT2D eigenvalue weighted by Crippen LogP contribution is 2.38. The number of carbonyl (C=O) groups is 1. The van der Waals surface area contributed by atoms with Gasteiger partial charge in [0, 0.05) is 24.0 Å². The summed E-state index contributed by atoms with van der Waals surface area (Å²) in [6, 6.07) is 6.53. The standard InChI is InChI=1S/C23H21F2N5O3S2/c1-13-23(34-14(2)27-13)35(32,33)28-22(31)18-12-26-30-9-7-16(11-21(18)30)29-8-3-4-20(29)17-10-15(24)5-6-19(17)25/h5-7,9-12,20H,3-4,8H2,1-2H3,(H,28,31)/t20-/m1/s1. The SMILES string of the molecule is Cc1nc(C)c(S(=O)(=O)NC(=O)c2cnn3ccc(N4CCC[C@@H]4c4cc(F)ccc4F)cc23)s1. The summed E-state index contributed by atoms with van der Waals surface area (Å²) < 4.78 is 57.4. The second-order valence-electron chi connectivity index (χ2n) is 8.33. The number of benzene rings is 1. The lowest BCUT2D eigenvalue weighted by Crippen LogP contribution is -2.30. The van der Waals surface area contributed by atoms with Crippen molar-refractivity contribution in [2.45, 2.75) is 36.9 Å². The predicted octanol–water partition coefficient (Wildman–Crippen LogP) is 4.15. The summed E-state index contributed by atoms with van der Waals surface area (Å²) in [6.07, 6.45) is 4.36. The van der Waals surface area contributed by atoms with Crippen molar-refractivity contribution < 1.29 is 22.0 Å². The van der Waals surface area contributed by atoms with Gasteiger partial charge in [-0.2, -0.15) is 5.10 Å². The molecule has 1 aliphatic heterocycles. The van der Waals surface area contributed by atoms with E-state index in [2.05, 4.69) is 14.8 Å². The fourth-order valence-corrected chi connectivity index (χ4v) is 6.93. The molecule has 4 heterocycles. The fraction of sp³-hybridized carbons (Fsp3) is 0.261. The van der Waals surface area contributed by atoms with E-state index < -0.39 is 27.6 Å². The highest BCUT2D eigenvalue weighted by Gasteiger charge is 2.30. The lowest BCUT2D eigenvalue weighted by atomic mass is 10.0. The Bertz CT molecular complexity index is 1560. The Kier molecular flexibility index (Phi) is 5.80. The quantitative estimate of drug-likeness (QED) is 0.427. The van der Waals surface area contributed by atoms with Gasteiger partial charge < -0.3 is 4.90 Å². The van der Waals surface area contributed by atoms with E-state index in [-0.39, 0.29) is 21.4 Å². The van der Waals surface area contributed by atoms with Crippen LogP contribution in [0.15, 0.2) is 46.9 Å². The number of amides is 1. The molecule has 182 valence electrons. The van der Waals surface area contributed by atoms with E-state index in [4.69, 9.17) is 0 Å². The minimum atomic E-state index is -4.11. The van der Waals surface area contributed by atoms with Crippen LogP contribution in [0.1, 0.15) is 45.5 Å². The van der Waals surface area contributed by atoms with E-state index in [1.165, 1.54) is 16.8 Å². The van der Waals surface area contributed by atoms with Gasteiger partial charge in [0.15, 0.2) is 4.21 Å². The molecule has 0 unspecified atom stereocenters. The second-order valence-corrected chi connectivity index (χ2v) is 11.4. The van der Waals surface area contributed by atoms with Crippen LogP contribution in [0.4, 0.5) is 14.5 Å². The molecule has 8 nitrogen and oxygen atoms in total. The van der Waals surface area contributed by atoms with E-state index in [1.807, 2.05) is 4.90 Å². The number of hydrogen-bond acceptors (Lipinski definition) is 7. The third kappa shape index (κ3) is 4.27. The lowest BCUT2D eigenvalue weighted by Gasteiger charge is -2.27. The number of rotatable bonds is 5. The topological polar surface area (TPSA) is 96.7 Å². The normalized spacial score (nSPS) is 16.2. The van der Waals surface area contributed by atoms with Gasteiger partial charge in [-0.05, 0) is 57.0 Å². The van der Waals surface area contributed by atoms with Crippen molar-refractivity contribution >= 4 is 38.5 Å². The third-order valence-corrected chi connectivity index (χ3v) is 9.00. The number of carbonyl (C=O) groups excluding carboxylic acids is 1. The zero-order valence-electron chi connectivity index (χ0n) is 18.8. The Balaban J connectivity index is 1.47. The molecular formula is C23H21F2N5O3S2. The number of hydrogen-bond donors (Lipinski definition) is 1. The Morgan fingerprint density at radius 2 is 2.00 bits per heavy atom. The molecule has 1 fully saturated rings. The van der Waals surface area contributed by atoms with Crippen molar-refractivity contribution in [3.8, 4) is 0 Å². The minimum Gasteiger partial charge on any atom is -0.364 e. The maximum Gasteiger partial charge on any atom is 0.275 e. The number of halogens is 2. The molecule has 1 amide bonds. The molecule has 35 heavy (non-hydrogen) atoms. The zero-order chi connectivity index (χ0) is 24.9. The number of sulfonamides is 1. The van der Waals surface area contributed by atoms with Crippen LogP contribution in [0.5, 0.6) is 0 Å². The number of fused-ring (bicyclic) bond motifs is 1. The van der Waals surface area contributed by atoms with Crippen LogP contribution in [0.3, 0.4) is 0 Å². The number of aryl methyl sites for hydroxylation is 2. The Morgan fingerprint density at radius 3 is 2.74 bits per heavy atom. The maximum absolute atomic E-state index is 14.5. The second kappa shape index (κ2) is 8.68. The van der Waals surface area contributed by atoms with Crippen molar-refractivity contribution in [1.29, 1.82) is 0 Å². The van der Waals surface area contributed by atoms with Gasteiger partial charge in [0.05, 0.1) is 34.0 Å². The van der Waals surface area contributed by atoms with Crippen LogP contribution < -0.4 is 9.62 Å². The number of anilines is 1. The molecule has 1 aliphatic rings. The Labute approximate surface area is 204 Å². The molecule has 0 saturated carbocycles. The highest BCUT2D eigenvalue weighted by molar-refractivity contribution is 7.92. The van der Waals surface area contributed by atoms with Crippen molar-refractivity contribution in [2.75, 3.05) is 11.4 Å². The molecule has 1 atom stereocenters. The van der Waals surface area contributed by atoms with E-state index in [1.54, 1.807) is 32.2 Å². The summed E-state index contributed by atoms with van der Waals surface area (Å²) in [6.45, 7) is 3.87. The number of aromatic nitrogens is 3.